The van der Waals surface area contributed by atoms with Gasteiger partial charge in [-0.1, -0.05) is 23.2 Å². The maximum absolute atomic E-state index is 12.9. The molecule has 0 N–H and O–H groups in total. The third-order valence-corrected chi connectivity index (χ3v) is 6.82. The van der Waals surface area contributed by atoms with Crippen LogP contribution in [0.5, 0.6) is 0 Å². The van der Waals surface area contributed by atoms with E-state index in [2.05, 4.69) is 0 Å². The van der Waals surface area contributed by atoms with Crippen molar-refractivity contribution < 1.29 is 18.0 Å². The molecule has 11 heteroatoms. The summed E-state index contributed by atoms with van der Waals surface area (Å²) >= 11 is 12.2. The fraction of sp³-hybridized carbons (Fsp3) is 0.500. The molecule has 0 aliphatic carbocycles. The van der Waals surface area contributed by atoms with Crippen LogP contribution >= 0.6 is 23.2 Å². The van der Waals surface area contributed by atoms with Gasteiger partial charge in [0.25, 0.3) is 5.91 Å². The van der Waals surface area contributed by atoms with Gasteiger partial charge in [-0.2, -0.15) is 0 Å². The first-order valence-electron chi connectivity index (χ1n) is 8.14. The Bertz CT molecular complexity index is 850. The molecule has 1 aromatic carbocycles. The molecule has 0 saturated carbocycles. The van der Waals surface area contributed by atoms with E-state index >= 15 is 0 Å². The molecule has 0 spiro atoms. The molecule has 0 atom stereocenters. The fourth-order valence-electron chi connectivity index (χ4n) is 2.64. The SMILES string of the molecule is CN(C)C(=O)N1CCN(C(=O)c2cc(S(=O)(=O)N(C)C)c(Cl)cc2Cl)CC1. The van der Waals surface area contributed by atoms with E-state index in [1.54, 1.807) is 23.9 Å². The van der Waals surface area contributed by atoms with Gasteiger partial charge in [-0.05, 0) is 12.1 Å². The van der Waals surface area contributed by atoms with E-state index in [9.17, 15) is 18.0 Å². The van der Waals surface area contributed by atoms with Crippen LogP contribution in [0.15, 0.2) is 17.0 Å². The van der Waals surface area contributed by atoms with Gasteiger partial charge < -0.3 is 14.7 Å². The van der Waals surface area contributed by atoms with Gasteiger partial charge in [0.1, 0.15) is 4.90 Å². The molecule has 1 saturated heterocycles. The predicted octanol–water partition coefficient (Wildman–Crippen LogP) is 1.68. The van der Waals surface area contributed by atoms with Gasteiger partial charge in [0, 0.05) is 54.4 Å². The summed E-state index contributed by atoms with van der Waals surface area (Å²) in [5.74, 6) is -0.399. The van der Waals surface area contributed by atoms with Gasteiger partial charge in [0.2, 0.25) is 10.0 Å². The maximum Gasteiger partial charge on any atom is 0.319 e. The lowest BCUT2D eigenvalue weighted by molar-refractivity contribution is 0.0650. The molecular weight excluding hydrogens is 415 g/mol. The number of hydrogen-bond donors (Lipinski definition) is 0. The van der Waals surface area contributed by atoms with Gasteiger partial charge in [-0.15, -0.1) is 0 Å². The number of hydrogen-bond acceptors (Lipinski definition) is 4. The second-order valence-corrected chi connectivity index (χ2v) is 9.44. The number of piperazine rings is 1. The number of halogens is 2. The zero-order valence-electron chi connectivity index (χ0n) is 15.6. The first-order valence-corrected chi connectivity index (χ1v) is 10.3. The minimum Gasteiger partial charge on any atom is -0.335 e. The van der Waals surface area contributed by atoms with Crippen LogP contribution in [0, 0.1) is 0 Å². The first-order chi connectivity index (χ1) is 12.5. The molecule has 1 aliphatic heterocycles. The zero-order valence-corrected chi connectivity index (χ0v) is 17.9. The Morgan fingerprint density at radius 1 is 0.926 bits per heavy atom. The van der Waals surface area contributed by atoms with Crippen LogP contribution in [0.25, 0.3) is 0 Å². The lowest BCUT2D eigenvalue weighted by atomic mass is 10.1. The average Bonchev–Trinajstić information content (AvgIpc) is 2.60. The van der Waals surface area contributed by atoms with E-state index in [4.69, 9.17) is 23.2 Å². The number of rotatable bonds is 3. The van der Waals surface area contributed by atoms with Crippen molar-refractivity contribution in [3.8, 4) is 0 Å². The summed E-state index contributed by atoms with van der Waals surface area (Å²) in [6.07, 6.45) is 0. The van der Waals surface area contributed by atoms with Crippen LogP contribution in [-0.4, -0.2) is 93.7 Å². The van der Waals surface area contributed by atoms with Crippen LogP contribution in [-0.2, 0) is 10.0 Å². The minimum atomic E-state index is -3.83. The Labute approximate surface area is 169 Å². The van der Waals surface area contributed by atoms with Gasteiger partial charge in [0.05, 0.1) is 15.6 Å². The molecule has 0 bridgehead atoms. The second-order valence-electron chi connectivity index (χ2n) is 6.51. The molecule has 0 unspecified atom stereocenters. The fourth-order valence-corrected chi connectivity index (χ4v) is 4.36. The van der Waals surface area contributed by atoms with Crippen molar-refractivity contribution in [3.05, 3.63) is 27.7 Å². The number of nitrogens with zero attached hydrogens (tertiary/aromatic N) is 4. The van der Waals surface area contributed by atoms with Crippen LogP contribution in [0.1, 0.15) is 10.4 Å². The van der Waals surface area contributed by atoms with Crippen LogP contribution < -0.4 is 0 Å². The van der Waals surface area contributed by atoms with Crippen molar-refractivity contribution >= 4 is 45.2 Å². The van der Waals surface area contributed by atoms with Crippen molar-refractivity contribution in [1.29, 1.82) is 0 Å². The lowest BCUT2D eigenvalue weighted by Crippen LogP contribution is -2.52. The molecule has 1 heterocycles. The molecule has 27 heavy (non-hydrogen) atoms. The first kappa shape index (κ1) is 21.7. The number of carbonyl (C=O) groups excluding carboxylic acids is 2. The third-order valence-electron chi connectivity index (χ3n) is 4.23. The highest BCUT2D eigenvalue weighted by Crippen LogP contribution is 2.31. The van der Waals surface area contributed by atoms with Crippen molar-refractivity contribution in [2.45, 2.75) is 4.90 Å². The zero-order chi connectivity index (χ0) is 20.5. The number of benzene rings is 1. The topological polar surface area (TPSA) is 81.2 Å². The molecular formula is C16H22Cl2N4O4S. The largest absolute Gasteiger partial charge is 0.335 e. The summed E-state index contributed by atoms with van der Waals surface area (Å²) in [4.78, 5) is 29.4. The van der Waals surface area contributed by atoms with Gasteiger partial charge in [0.15, 0.2) is 0 Å². The molecule has 1 aromatic rings. The van der Waals surface area contributed by atoms with Gasteiger partial charge >= 0.3 is 6.03 Å². The number of sulfonamides is 1. The van der Waals surface area contributed by atoms with Gasteiger partial charge in [-0.3, -0.25) is 4.79 Å². The highest BCUT2D eigenvalue weighted by atomic mass is 35.5. The second kappa shape index (κ2) is 8.22. The monoisotopic (exact) mass is 436 g/mol. The smallest absolute Gasteiger partial charge is 0.319 e. The van der Waals surface area contributed by atoms with Crippen molar-refractivity contribution in [2.75, 3.05) is 54.4 Å². The number of amides is 3. The Balaban J connectivity index is 2.26. The highest BCUT2D eigenvalue weighted by molar-refractivity contribution is 7.89. The van der Waals surface area contributed by atoms with Crippen molar-refractivity contribution in [3.63, 3.8) is 0 Å². The summed E-state index contributed by atoms with van der Waals surface area (Å²) in [6.45, 7) is 1.42. The average molecular weight is 437 g/mol. The molecule has 8 nitrogen and oxygen atoms in total. The van der Waals surface area contributed by atoms with Gasteiger partial charge in [-0.25, -0.2) is 17.5 Å². The Morgan fingerprint density at radius 2 is 1.44 bits per heavy atom. The predicted molar refractivity (Wildman–Crippen MR) is 104 cm³/mol. The van der Waals surface area contributed by atoms with E-state index < -0.39 is 15.9 Å². The molecule has 150 valence electrons. The summed E-state index contributed by atoms with van der Waals surface area (Å²) < 4.78 is 25.9. The summed E-state index contributed by atoms with van der Waals surface area (Å²) in [5.41, 5.74) is 0.0638. The lowest BCUT2D eigenvalue weighted by Gasteiger charge is -2.36. The third kappa shape index (κ3) is 4.48. The molecule has 3 amide bonds. The minimum absolute atomic E-state index is 0.0494. The normalized spacial score (nSPS) is 15.2. The number of urea groups is 1. The summed E-state index contributed by atoms with van der Waals surface area (Å²) in [7, 11) is 2.26. The molecule has 2 rings (SSSR count). The summed E-state index contributed by atoms with van der Waals surface area (Å²) in [6, 6.07) is 2.35. The standard InChI is InChI=1S/C16H22Cl2N4O4S/c1-19(2)16(24)22-7-5-21(6-8-22)15(23)11-9-14(13(18)10-12(11)17)27(25,26)20(3)4/h9-10H,5-8H2,1-4H3. The Hall–Kier alpha value is -1.55. The van der Waals surface area contributed by atoms with Crippen LogP contribution in [0.3, 0.4) is 0 Å². The van der Waals surface area contributed by atoms with Crippen molar-refractivity contribution in [1.82, 2.24) is 19.0 Å². The quantitative estimate of drug-likeness (QED) is 0.721. The van der Waals surface area contributed by atoms with E-state index in [0.29, 0.717) is 26.2 Å². The van der Waals surface area contributed by atoms with E-state index in [-0.39, 0.29) is 26.5 Å². The molecule has 1 fully saturated rings. The Morgan fingerprint density at radius 3 is 1.93 bits per heavy atom. The van der Waals surface area contributed by atoms with E-state index in [1.165, 1.54) is 31.1 Å². The summed E-state index contributed by atoms with van der Waals surface area (Å²) in [5, 5.41) is 0.0288. The highest BCUT2D eigenvalue weighted by Gasteiger charge is 2.29. The van der Waals surface area contributed by atoms with E-state index in [1.807, 2.05) is 0 Å². The van der Waals surface area contributed by atoms with E-state index in [0.717, 1.165) is 4.31 Å². The maximum atomic E-state index is 12.9. The molecule has 0 radical (unpaired) electrons. The Kier molecular flexibility index (Phi) is 6.62. The molecule has 0 aromatic heterocycles. The number of carbonyl (C=O) groups is 2. The van der Waals surface area contributed by atoms with Crippen LogP contribution in [0.2, 0.25) is 10.0 Å². The molecule has 1 aliphatic rings. The van der Waals surface area contributed by atoms with Crippen molar-refractivity contribution in [2.24, 2.45) is 0 Å². The van der Waals surface area contributed by atoms with Crippen LogP contribution in [0.4, 0.5) is 4.79 Å².